The Morgan fingerprint density at radius 1 is 1.25 bits per heavy atom. The lowest BCUT2D eigenvalue weighted by Gasteiger charge is -2.34. The molecule has 0 rings (SSSR count). The monoisotopic (exact) mass is 228 g/mol. The second kappa shape index (κ2) is 5.17. The van der Waals surface area contributed by atoms with Crippen LogP contribution in [0, 0.1) is 16.7 Å². The first-order chi connectivity index (χ1) is 7.01. The molecular weight excluding hydrogens is 200 g/mol. The van der Waals surface area contributed by atoms with Crippen molar-refractivity contribution in [2.75, 3.05) is 20.1 Å². The predicted octanol–water partition coefficient (Wildman–Crippen LogP) is 2.11. The molecule has 0 aromatic carbocycles. The summed E-state index contributed by atoms with van der Waals surface area (Å²) in [6.07, 6.45) is 0. The molecule has 0 aliphatic rings. The van der Waals surface area contributed by atoms with E-state index < -0.39 is 0 Å². The second-order valence-corrected chi connectivity index (χ2v) is 6.65. The minimum Gasteiger partial charge on any atom is -0.345 e. The van der Waals surface area contributed by atoms with E-state index in [0.29, 0.717) is 13.1 Å². The normalized spacial score (nSPS) is 14.8. The van der Waals surface area contributed by atoms with Crippen LogP contribution in [0.25, 0.3) is 0 Å². The Morgan fingerprint density at radius 3 is 2.00 bits per heavy atom. The Hall–Kier alpha value is -0.570. The zero-order valence-electron chi connectivity index (χ0n) is 11.9. The molecule has 3 nitrogen and oxygen atoms in total. The third-order valence-electron chi connectivity index (χ3n) is 3.26. The molecule has 16 heavy (non-hydrogen) atoms. The number of amides is 1. The first-order valence-electron chi connectivity index (χ1n) is 5.96. The van der Waals surface area contributed by atoms with Gasteiger partial charge in [-0.05, 0) is 17.4 Å². The third-order valence-corrected chi connectivity index (χ3v) is 3.26. The molecule has 0 aromatic rings. The standard InChI is InChI=1S/C13H28N2O/c1-10(12(2,3)4)11(16)15(7)9-13(5,6)8-14/h10H,8-9,14H2,1-7H3. The zero-order chi connectivity index (χ0) is 13.1. The summed E-state index contributed by atoms with van der Waals surface area (Å²) >= 11 is 0. The largest absolute Gasteiger partial charge is 0.345 e. The number of carbonyl (C=O) groups is 1. The van der Waals surface area contributed by atoms with Gasteiger partial charge in [0, 0.05) is 19.5 Å². The summed E-state index contributed by atoms with van der Waals surface area (Å²) in [4.78, 5) is 14.0. The van der Waals surface area contributed by atoms with Crippen LogP contribution in [0.3, 0.4) is 0 Å². The summed E-state index contributed by atoms with van der Waals surface area (Å²) in [6.45, 7) is 13.7. The number of carbonyl (C=O) groups excluding carboxylic acids is 1. The van der Waals surface area contributed by atoms with Gasteiger partial charge >= 0.3 is 0 Å². The smallest absolute Gasteiger partial charge is 0.225 e. The Bertz CT molecular complexity index is 241. The molecular formula is C13H28N2O. The molecule has 0 saturated heterocycles. The Balaban J connectivity index is 4.52. The number of nitrogens with two attached hydrogens (primary N) is 1. The highest BCUT2D eigenvalue weighted by atomic mass is 16.2. The van der Waals surface area contributed by atoms with Crippen LogP contribution < -0.4 is 5.73 Å². The fourth-order valence-corrected chi connectivity index (χ4v) is 1.49. The van der Waals surface area contributed by atoms with E-state index >= 15 is 0 Å². The van der Waals surface area contributed by atoms with Crippen molar-refractivity contribution >= 4 is 5.91 Å². The van der Waals surface area contributed by atoms with Gasteiger partial charge in [0.25, 0.3) is 0 Å². The maximum absolute atomic E-state index is 12.2. The first-order valence-corrected chi connectivity index (χ1v) is 5.96. The van der Waals surface area contributed by atoms with Crippen molar-refractivity contribution in [1.29, 1.82) is 0 Å². The Labute approximate surface area is 100 Å². The molecule has 0 fully saturated rings. The van der Waals surface area contributed by atoms with Crippen molar-refractivity contribution in [3.05, 3.63) is 0 Å². The van der Waals surface area contributed by atoms with Crippen LogP contribution in [0.4, 0.5) is 0 Å². The van der Waals surface area contributed by atoms with E-state index in [9.17, 15) is 4.79 Å². The van der Waals surface area contributed by atoms with E-state index in [4.69, 9.17) is 5.73 Å². The predicted molar refractivity (Wildman–Crippen MR) is 69.1 cm³/mol. The van der Waals surface area contributed by atoms with Crippen LogP contribution >= 0.6 is 0 Å². The van der Waals surface area contributed by atoms with Crippen LogP contribution in [0.15, 0.2) is 0 Å². The number of hydrogen-bond acceptors (Lipinski definition) is 2. The lowest BCUT2D eigenvalue weighted by Crippen LogP contribution is -2.44. The van der Waals surface area contributed by atoms with Gasteiger partial charge in [-0.2, -0.15) is 0 Å². The summed E-state index contributed by atoms with van der Waals surface area (Å²) < 4.78 is 0. The Morgan fingerprint density at radius 2 is 1.69 bits per heavy atom. The summed E-state index contributed by atoms with van der Waals surface area (Å²) in [5, 5.41) is 0. The third kappa shape index (κ3) is 4.52. The minimum absolute atomic E-state index is 0.0119. The van der Waals surface area contributed by atoms with Crippen LogP contribution in [-0.4, -0.2) is 30.9 Å². The van der Waals surface area contributed by atoms with Crippen molar-refractivity contribution in [2.45, 2.75) is 41.5 Å². The molecule has 0 bridgehead atoms. The molecule has 0 radical (unpaired) electrons. The molecule has 96 valence electrons. The molecule has 0 aromatic heterocycles. The van der Waals surface area contributed by atoms with Gasteiger partial charge in [-0.3, -0.25) is 4.79 Å². The van der Waals surface area contributed by atoms with Crippen molar-refractivity contribution in [3.8, 4) is 0 Å². The average molecular weight is 228 g/mol. The summed E-state index contributed by atoms with van der Waals surface area (Å²) in [5.41, 5.74) is 5.68. The summed E-state index contributed by atoms with van der Waals surface area (Å²) in [7, 11) is 1.86. The van der Waals surface area contributed by atoms with Crippen LogP contribution in [0.2, 0.25) is 0 Å². The van der Waals surface area contributed by atoms with Crippen LogP contribution in [-0.2, 0) is 4.79 Å². The fraction of sp³-hybridized carbons (Fsp3) is 0.923. The molecule has 0 heterocycles. The minimum atomic E-state index is -0.0119. The molecule has 0 saturated carbocycles. The van der Waals surface area contributed by atoms with Gasteiger partial charge in [-0.1, -0.05) is 41.5 Å². The van der Waals surface area contributed by atoms with Gasteiger partial charge in [-0.15, -0.1) is 0 Å². The lowest BCUT2D eigenvalue weighted by atomic mass is 9.81. The highest BCUT2D eigenvalue weighted by Gasteiger charge is 2.30. The molecule has 3 heteroatoms. The van der Waals surface area contributed by atoms with E-state index in [-0.39, 0.29) is 22.7 Å². The molecule has 2 N–H and O–H groups in total. The molecule has 1 amide bonds. The van der Waals surface area contributed by atoms with Crippen molar-refractivity contribution in [3.63, 3.8) is 0 Å². The van der Waals surface area contributed by atoms with E-state index in [1.54, 1.807) is 0 Å². The quantitative estimate of drug-likeness (QED) is 0.801. The average Bonchev–Trinajstić information content (AvgIpc) is 2.13. The molecule has 1 atom stereocenters. The van der Waals surface area contributed by atoms with Crippen molar-refractivity contribution in [2.24, 2.45) is 22.5 Å². The zero-order valence-corrected chi connectivity index (χ0v) is 11.9. The summed E-state index contributed by atoms with van der Waals surface area (Å²) in [5.74, 6) is 0.236. The van der Waals surface area contributed by atoms with Gasteiger partial charge < -0.3 is 10.6 Å². The van der Waals surface area contributed by atoms with Gasteiger partial charge in [0.15, 0.2) is 0 Å². The number of hydrogen-bond donors (Lipinski definition) is 1. The van der Waals surface area contributed by atoms with Gasteiger partial charge in [-0.25, -0.2) is 0 Å². The van der Waals surface area contributed by atoms with Crippen molar-refractivity contribution in [1.82, 2.24) is 4.90 Å². The van der Waals surface area contributed by atoms with Gasteiger partial charge in [0.05, 0.1) is 0 Å². The lowest BCUT2D eigenvalue weighted by molar-refractivity contribution is -0.138. The SMILES string of the molecule is CC(C(=O)N(C)CC(C)(C)CN)C(C)(C)C. The number of nitrogens with zero attached hydrogens (tertiary/aromatic N) is 1. The maximum Gasteiger partial charge on any atom is 0.225 e. The van der Waals surface area contributed by atoms with E-state index in [2.05, 4.69) is 34.6 Å². The molecule has 1 unspecified atom stereocenters. The van der Waals surface area contributed by atoms with Gasteiger partial charge in [0.1, 0.15) is 0 Å². The topological polar surface area (TPSA) is 46.3 Å². The molecule has 0 spiro atoms. The highest BCUT2D eigenvalue weighted by Crippen LogP contribution is 2.27. The maximum atomic E-state index is 12.2. The number of rotatable bonds is 4. The van der Waals surface area contributed by atoms with E-state index in [1.807, 2.05) is 18.9 Å². The van der Waals surface area contributed by atoms with Crippen LogP contribution in [0.1, 0.15) is 41.5 Å². The molecule has 0 aliphatic heterocycles. The van der Waals surface area contributed by atoms with Crippen molar-refractivity contribution < 1.29 is 4.79 Å². The fourth-order valence-electron chi connectivity index (χ4n) is 1.49. The van der Waals surface area contributed by atoms with Crippen LogP contribution in [0.5, 0.6) is 0 Å². The van der Waals surface area contributed by atoms with Gasteiger partial charge in [0.2, 0.25) is 5.91 Å². The Kier molecular flexibility index (Phi) is 4.99. The first kappa shape index (κ1) is 15.4. The summed E-state index contributed by atoms with van der Waals surface area (Å²) in [6, 6.07) is 0. The van der Waals surface area contributed by atoms with E-state index in [1.165, 1.54) is 0 Å². The van der Waals surface area contributed by atoms with E-state index in [0.717, 1.165) is 0 Å². The highest BCUT2D eigenvalue weighted by molar-refractivity contribution is 5.79. The molecule has 0 aliphatic carbocycles. The second-order valence-electron chi connectivity index (χ2n) is 6.65.